The molecular weight excluding hydrogens is 498 g/mol. The van der Waals surface area contributed by atoms with E-state index in [0.717, 1.165) is 95.0 Å². The number of fused-ring (bicyclic) bond motifs is 1. The van der Waals surface area contributed by atoms with Crippen LogP contribution >= 0.6 is 0 Å². The van der Waals surface area contributed by atoms with Gasteiger partial charge < -0.3 is 35.6 Å². The molecule has 0 unspecified atom stereocenters. The molecule has 210 valence electrons. The minimum absolute atomic E-state index is 0.349. The molecule has 0 atom stereocenters. The van der Waals surface area contributed by atoms with Crippen LogP contribution in [0.4, 0.5) is 29.0 Å². The van der Waals surface area contributed by atoms with Gasteiger partial charge in [0.1, 0.15) is 11.6 Å². The van der Waals surface area contributed by atoms with E-state index in [2.05, 4.69) is 109 Å². The fourth-order valence-electron chi connectivity index (χ4n) is 5.85. The highest BCUT2D eigenvalue weighted by molar-refractivity contribution is 5.58. The molecule has 0 aliphatic carbocycles. The number of rotatable bonds is 6. The smallest absolute Gasteiger partial charge is 0.223 e. The van der Waals surface area contributed by atoms with Crippen LogP contribution in [0.25, 0.3) is 0 Å². The lowest BCUT2D eigenvalue weighted by Gasteiger charge is -2.39. The number of nitrogens with two attached hydrogens (primary N) is 1. The van der Waals surface area contributed by atoms with Crippen LogP contribution in [0.15, 0.2) is 60.9 Å². The first-order chi connectivity index (χ1) is 19.4. The normalized spacial score (nSPS) is 18.1. The summed E-state index contributed by atoms with van der Waals surface area (Å²) in [7, 11) is 2.16. The molecule has 9 heteroatoms. The number of nitrogens with one attached hydrogen (secondary N) is 1. The van der Waals surface area contributed by atoms with E-state index in [1.54, 1.807) is 0 Å². The zero-order valence-corrected chi connectivity index (χ0v) is 23.8. The first-order valence-corrected chi connectivity index (χ1v) is 14.4. The van der Waals surface area contributed by atoms with Gasteiger partial charge in [0, 0.05) is 82.9 Å². The second kappa shape index (κ2) is 11.3. The van der Waals surface area contributed by atoms with Crippen LogP contribution in [0.3, 0.4) is 0 Å². The van der Waals surface area contributed by atoms with Crippen molar-refractivity contribution in [2.75, 3.05) is 91.7 Å². The van der Waals surface area contributed by atoms with Gasteiger partial charge in [0.05, 0.1) is 5.82 Å². The first kappa shape index (κ1) is 26.3. The van der Waals surface area contributed by atoms with Crippen LogP contribution < -0.4 is 25.8 Å². The fraction of sp³-hybridized carbons (Fsp3) is 0.419. The predicted octanol–water partition coefficient (Wildman–Crippen LogP) is 3.39. The number of aryl methyl sites for hydroxylation is 1. The van der Waals surface area contributed by atoms with E-state index in [-0.39, 0.29) is 0 Å². The average molecular weight is 540 g/mol. The number of hydrogen-bond acceptors (Lipinski definition) is 9. The van der Waals surface area contributed by atoms with Crippen LogP contribution in [0.1, 0.15) is 16.7 Å². The van der Waals surface area contributed by atoms with E-state index < -0.39 is 0 Å². The summed E-state index contributed by atoms with van der Waals surface area (Å²) in [6.07, 6.45) is 1.00. The van der Waals surface area contributed by atoms with Gasteiger partial charge in [0.25, 0.3) is 0 Å². The zero-order valence-electron chi connectivity index (χ0n) is 23.8. The average Bonchev–Trinajstić information content (AvgIpc) is 2.98. The third-order valence-corrected chi connectivity index (χ3v) is 8.44. The van der Waals surface area contributed by atoms with Crippen molar-refractivity contribution < 1.29 is 0 Å². The summed E-state index contributed by atoms with van der Waals surface area (Å²) < 4.78 is 0. The molecule has 4 heterocycles. The van der Waals surface area contributed by atoms with Gasteiger partial charge in [-0.15, -0.1) is 0 Å². The summed E-state index contributed by atoms with van der Waals surface area (Å²) in [5.74, 6) is 3.17. The standard InChI is InChI=1S/C31H41N9/c1-23-4-7-27(8-5-23)33-24(2)37-16-18-38(19-17-37)28-9-6-25-10-11-40(22-26(25)20-28)30-21-29(34-31(32)35-30)39-14-12-36(3)13-15-39/h4-9,20-21,33H,2,10-19,22H2,1,3H3,(H2,32,34,35). The van der Waals surface area contributed by atoms with Crippen LogP contribution in [0, 0.1) is 6.92 Å². The van der Waals surface area contributed by atoms with Crippen molar-refractivity contribution in [2.24, 2.45) is 0 Å². The number of aromatic nitrogens is 2. The Morgan fingerprint density at radius 3 is 2.17 bits per heavy atom. The summed E-state index contributed by atoms with van der Waals surface area (Å²) in [5.41, 5.74) is 12.6. The maximum atomic E-state index is 6.19. The minimum atomic E-state index is 0.349. The number of piperazine rings is 2. The summed E-state index contributed by atoms with van der Waals surface area (Å²) in [6, 6.07) is 17.6. The van der Waals surface area contributed by atoms with E-state index in [1.807, 2.05) is 0 Å². The van der Waals surface area contributed by atoms with Crippen molar-refractivity contribution in [2.45, 2.75) is 19.9 Å². The molecule has 2 aromatic carbocycles. The zero-order chi connectivity index (χ0) is 27.6. The fourth-order valence-corrected chi connectivity index (χ4v) is 5.85. The maximum absolute atomic E-state index is 6.19. The van der Waals surface area contributed by atoms with E-state index in [9.17, 15) is 0 Å². The second-order valence-electron chi connectivity index (χ2n) is 11.3. The first-order valence-electron chi connectivity index (χ1n) is 14.4. The number of nitrogens with zero attached hydrogens (tertiary/aromatic N) is 7. The summed E-state index contributed by atoms with van der Waals surface area (Å²) in [4.78, 5) is 21.1. The van der Waals surface area contributed by atoms with Gasteiger partial charge in [-0.2, -0.15) is 9.97 Å². The number of nitrogen functional groups attached to an aromatic ring is 1. The van der Waals surface area contributed by atoms with E-state index in [4.69, 9.17) is 5.73 Å². The third-order valence-electron chi connectivity index (χ3n) is 8.44. The minimum Gasteiger partial charge on any atom is -0.368 e. The van der Waals surface area contributed by atoms with Crippen molar-refractivity contribution in [3.63, 3.8) is 0 Å². The van der Waals surface area contributed by atoms with Crippen molar-refractivity contribution in [3.05, 3.63) is 77.6 Å². The quantitative estimate of drug-likeness (QED) is 0.490. The van der Waals surface area contributed by atoms with E-state index in [0.29, 0.717) is 5.95 Å². The Morgan fingerprint density at radius 1 is 0.775 bits per heavy atom. The topological polar surface area (TPSA) is 80.0 Å². The van der Waals surface area contributed by atoms with Crippen molar-refractivity contribution in [3.8, 4) is 0 Å². The van der Waals surface area contributed by atoms with Crippen molar-refractivity contribution >= 4 is 29.0 Å². The highest BCUT2D eigenvalue weighted by atomic mass is 15.3. The molecule has 0 spiro atoms. The van der Waals surface area contributed by atoms with Crippen LogP contribution in [-0.4, -0.2) is 85.7 Å². The Labute approximate surface area is 237 Å². The summed E-state index contributed by atoms with van der Waals surface area (Å²) in [6.45, 7) is 16.0. The number of benzene rings is 2. The van der Waals surface area contributed by atoms with Crippen LogP contribution in [0.2, 0.25) is 0 Å². The van der Waals surface area contributed by atoms with Crippen LogP contribution in [0.5, 0.6) is 0 Å². The lowest BCUT2D eigenvalue weighted by atomic mass is 9.98. The van der Waals surface area contributed by atoms with Crippen molar-refractivity contribution in [1.29, 1.82) is 0 Å². The number of hydrogen-bond donors (Lipinski definition) is 2. The number of likely N-dealkylation sites (N-methyl/N-ethyl adjacent to an activating group) is 1. The predicted molar refractivity (Wildman–Crippen MR) is 165 cm³/mol. The van der Waals surface area contributed by atoms with Gasteiger partial charge in [-0.25, -0.2) is 0 Å². The Morgan fingerprint density at radius 2 is 1.45 bits per heavy atom. The molecule has 3 aliphatic heterocycles. The highest BCUT2D eigenvalue weighted by Crippen LogP contribution is 2.30. The Hall–Kier alpha value is -3.98. The molecule has 0 radical (unpaired) electrons. The monoisotopic (exact) mass is 539 g/mol. The van der Waals surface area contributed by atoms with Crippen molar-refractivity contribution in [1.82, 2.24) is 19.8 Å². The molecule has 0 saturated carbocycles. The SMILES string of the molecule is C=C(Nc1ccc(C)cc1)N1CCN(c2ccc3c(c2)CN(c2cc(N4CCN(C)CC4)nc(N)n2)CC3)CC1. The second-order valence-corrected chi connectivity index (χ2v) is 11.3. The largest absolute Gasteiger partial charge is 0.368 e. The van der Waals surface area contributed by atoms with E-state index in [1.165, 1.54) is 22.4 Å². The van der Waals surface area contributed by atoms with Gasteiger partial charge in [0.15, 0.2) is 0 Å². The molecule has 0 amide bonds. The van der Waals surface area contributed by atoms with Gasteiger partial charge >= 0.3 is 0 Å². The van der Waals surface area contributed by atoms with Crippen LogP contribution in [-0.2, 0) is 13.0 Å². The third kappa shape index (κ3) is 5.79. The van der Waals surface area contributed by atoms with Gasteiger partial charge in [-0.05, 0) is 55.8 Å². The highest BCUT2D eigenvalue weighted by Gasteiger charge is 2.24. The Kier molecular flexibility index (Phi) is 7.38. The van der Waals surface area contributed by atoms with Gasteiger partial charge in [-0.1, -0.05) is 30.3 Å². The molecule has 2 saturated heterocycles. The molecule has 0 bridgehead atoms. The number of anilines is 5. The maximum Gasteiger partial charge on any atom is 0.223 e. The van der Waals surface area contributed by atoms with E-state index >= 15 is 0 Å². The summed E-state index contributed by atoms with van der Waals surface area (Å²) >= 11 is 0. The Bertz CT molecular complexity index is 1340. The Balaban J connectivity index is 1.10. The molecule has 3 N–H and O–H groups in total. The molecule has 3 aliphatic rings. The van der Waals surface area contributed by atoms with Gasteiger partial charge in [0.2, 0.25) is 5.95 Å². The lowest BCUT2D eigenvalue weighted by molar-refractivity contribution is 0.312. The lowest BCUT2D eigenvalue weighted by Crippen LogP contribution is -2.46. The molecule has 3 aromatic rings. The molecule has 6 rings (SSSR count). The molecular formula is C31H41N9. The molecule has 9 nitrogen and oxygen atoms in total. The molecule has 2 fully saturated rings. The van der Waals surface area contributed by atoms with Gasteiger partial charge in [-0.3, -0.25) is 0 Å². The molecule has 1 aromatic heterocycles. The molecule has 40 heavy (non-hydrogen) atoms. The summed E-state index contributed by atoms with van der Waals surface area (Å²) in [5, 5.41) is 3.47.